The number of hydrogen-bond acceptors (Lipinski definition) is 3. The van der Waals surface area contributed by atoms with Gasteiger partial charge in [-0.3, -0.25) is 0 Å². The zero-order valence-electron chi connectivity index (χ0n) is 12.0. The van der Waals surface area contributed by atoms with Crippen LogP contribution in [0, 0.1) is 0 Å². The van der Waals surface area contributed by atoms with Gasteiger partial charge in [0.2, 0.25) is 10.0 Å². The molecule has 1 aromatic carbocycles. The molecule has 0 radical (unpaired) electrons. The van der Waals surface area contributed by atoms with E-state index in [-0.39, 0.29) is 10.8 Å². The Morgan fingerprint density at radius 1 is 1.13 bits per heavy atom. The summed E-state index contributed by atoms with van der Waals surface area (Å²) >= 11 is 1.56. The highest BCUT2D eigenvalue weighted by molar-refractivity contribution is 7.89. The van der Waals surface area contributed by atoms with Gasteiger partial charge in [-0.2, -0.15) is 28.8 Å². The lowest BCUT2D eigenvalue weighted by Gasteiger charge is -2.17. The molecule has 0 amide bonds. The largest absolute Gasteiger partial charge is 0.416 e. The molecule has 1 aliphatic rings. The SMILES string of the molecule is O=S(=O)(c1ccc(C(F)(F)F)cc1)N1CCC(c2ccsc2)C1. The molecule has 1 fully saturated rings. The quantitative estimate of drug-likeness (QED) is 0.830. The van der Waals surface area contributed by atoms with E-state index in [4.69, 9.17) is 0 Å². The third kappa shape index (κ3) is 3.29. The fourth-order valence-electron chi connectivity index (χ4n) is 2.69. The molecule has 0 bridgehead atoms. The van der Waals surface area contributed by atoms with Gasteiger partial charge in [0.05, 0.1) is 10.5 Å². The number of hydrogen-bond donors (Lipinski definition) is 0. The van der Waals surface area contributed by atoms with Crippen molar-refractivity contribution in [3.8, 4) is 0 Å². The number of rotatable bonds is 3. The van der Waals surface area contributed by atoms with Crippen LogP contribution in [0.1, 0.15) is 23.5 Å². The van der Waals surface area contributed by atoms with E-state index in [1.54, 1.807) is 11.3 Å². The van der Waals surface area contributed by atoms with Gasteiger partial charge < -0.3 is 0 Å². The second-order valence-electron chi connectivity index (χ2n) is 5.43. The number of halogens is 3. The number of sulfonamides is 1. The van der Waals surface area contributed by atoms with Gasteiger partial charge >= 0.3 is 6.18 Å². The Morgan fingerprint density at radius 3 is 2.39 bits per heavy atom. The van der Waals surface area contributed by atoms with Crippen molar-refractivity contribution in [1.82, 2.24) is 4.31 Å². The molecule has 3 rings (SSSR count). The molecule has 0 saturated carbocycles. The molecule has 1 atom stereocenters. The highest BCUT2D eigenvalue weighted by Crippen LogP contribution is 2.33. The van der Waals surface area contributed by atoms with E-state index in [0.29, 0.717) is 13.1 Å². The maximum Gasteiger partial charge on any atom is 0.416 e. The molecule has 3 nitrogen and oxygen atoms in total. The van der Waals surface area contributed by atoms with Gasteiger partial charge in [-0.1, -0.05) is 0 Å². The zero-order chi connectivity index (χ0) is 16.7. The van der Waals surface area contributed by atoms with E-state index < -0.39 is 21.8 Å². The van der Waals surface area contributed by atoms with Crippen molar-refractivity contribution in [3.05, 3.63) is 52.2 Å². The average Bonchev–Trinajstić information content (AvgIpc) is 3.17. The van der Waals surface area contributed by atoms with Gasteiger partial charge in [-0.15, -0.1) is 0 Å². The molecular weight excluding hydrogens is 347 g/mol. The molecule has 1 aliphatic heterocycles. The van der Waals surface area contributed by atoms with Gasteiger partial charge in [0.15, 0.2) is 0 Å². The molecule has 2 aromatic rings. The molecule has 0 spiro atoms. The zero-order valence-corrected chi connectivity index (χ0v) is 13.6. The Balaban J connectivity index is 1.79. The van der Waals surface area contributed by atoms with Crippen LogP contribution in [0.15, 0.2) is 46.0 Å². The first kappa shape index (κ1) is 16.5. The van der Waals surface area contributed by atoms with Crippen LogP contribution in [-0.2, 0) is 16.2 Å². The summed E-state index contributed by atoms with van der Waals surface area (Å²) in [4.78, 5) is -0.100. The number of alkyl halides is 3. The van der Waals surface area contributed by atoms with E-state index in [1.807, 2.05) is 16.8 Å². The van der Waals surface area contributed by atoms with Crippen molar-refractivity contribution in [1.29, 1.82) is 0 Å². The van der Waals surface area contributed by atoms with Crippen molar-refractivity contribution >= 4 is 21.4 Å². The number of nitrogens with zero attached hydrogens (tertiary/aromatic N) is 1. The third-order valence-corrected chi connectivity index (χ3v) is 6.57. The second kappa shape index (κ2) is 5.92. The molecular formula is C15H14F3NO2S2. The van der Waals surface area contributed by atoms with Gasteiger partial charge in [-0.05, 0) is 59.0 Å². The maximum absolute atomic E-state index is 12.6. The molecule has 124 valence electrons. The maximum atomic E-state index is 12.6. The Labute approximate surface area is 136 Å². The summed E-state index contributed by atoms with van der Waals surface area (Å²) < 4.78 is 64.2. The minimum absolute atomic E-state index is 0.100. The van der Waals surface area contributed by atoms with E-state index in [1.165, 1.54) is 4.31 Å². The molecule has 1 saturated heterocycles. The first-order chi connectivity index (χ1) is 10.8. The van der Waals surface area contributed by atoms with Gasteiger partial charge in [0.1, 0.15) is 0 Å². The van der Waals surface area contributed by atoms with E-state index >= 15 is 0 Å². The molecule has 1 unspecified atom stereocenters. The summed E-state index contributed by atoms with van der Waals surface area (Å²) in [5, 5.41) is 3.95. The fourth-order valence-corrected chi connectivity index (χ4v) is 4.93. The summed E-state index contributed by atoms with van der Waals surface area (Å²) in [6.07, 6.45) is -3.75. The van der Waals surface area contributed by atoms with Crippen LogP contribution in [0.3, 0.4) is 0 Å². The van der Waals surface area contributed by atoms with Crippen molar-refractivity contribution in [2.45, 2.75) is 23.4 Å². The summed E-state index contributed by atoms with van der Waals surface area (Å²) in [7, 11) is -3.76. The second-order valence-corrected chi connectivity index (χ2v) is 8.15. The Morgan fingerprint density at radius 2 is 1.83 bits per heavy atom. The van der Waals surface area contributed by atoms with Gasteiger partial charge in [0, 0.05) is 13.1 Å². The van der Waals surface area contributed by atoms with Crippen LogP contribution in [0.2, 0.25) is 0 Å². The van der Waals surface area contributed by atoms with Crippen LogP contribution in [0.25, 0.3) is 0 Å². The average molecular weight is 361 g/mol. The highest BCUT2D eigenvalue weighted by atomic mass is 32.2. The van der Waals surface area contributed by atoms with Crippen molar-refractivity contribution < 1.29 is 21.6 Å². The lowest BCUT2D eigenvalue weighted by molar-refractivity contribution is -0.137. The van der Waals surface area contributed by atoms with Crippen LogP contribution in [0.4, 0.5) is 13.2 Å². The lowest BCUT2D eigenvalue weighted by atomic mass is 10.0. The minimum Gasteiger partial charge on any atom is -0.207 e. The molecule has 0 N–H and O–H groups in total. The Bertz CT molecular complexity index is 768. The van der Waals surface area contributed by atoms with Crippen LogP contribution >= 0.6 is 11.3 Å². The smallest absolute Gasteiger partial charge is 0.207 e. The molecule has 23 heavy (non-hydrogen) atoms. The van der Waals surface area contributed by atoms with Crippen LogP contribution < -0.4 is 0 Å². The summed E-state index contributed by atoms with van der Waals surface area (Å²) in [5.74, 6) is 0.144. The number of benzene rings is 1. The normalized spacial score (nSPS) is 20.0. The van der Waals surface area contributed by atoms with Crippen molar-refractivity contribution in [2.24, 2.45) is 0 Å². The molecule has 1 aromatic heterocycles. The summed E-state index contributed by atoms with van der Waals surface area (Å²) in [5.41, 5.74) is 0.258. The predicted molar refractivity (Wildman–Crippen MR) is 81.9 cm³/mol. The van der Waals surface area contributed by atoms with Crippen molar-refractivity contribution in [2.75, 3.05) is 13.1 Å². The Kier molecular flexibility index (Phi) is 4.24. The predicted octanol–water partition coefficient (Wildman–Crippen LogP) is 3.95. The van der Waals surface area contributed by atoms with Crippen molar-refractivity contribution in [3.63, 3.8) is 0 Å². The van der Waals surface area contributed by atoms with Crippen LogP contribution in [0.5, 0.6) is 0 Å². The van der Waals surface area contributed by atoms with E-state index in [0.717, 1.165) is 36.2 Å². The molecule has 8 heteroatoms. The first-order valence-corrected chi connectivity index (χ1v) is 9.36. The van der Waals surface area contributed by atoms with E-state index in [9.17, 15) is 21.6 Å². The Hall–Kier alpha value is -1.38. The standard InChI is InChI=1S/C15H14F3NO2S2/c16-15(17,18)13-1-3-14(4-2-13)23(20,21)19-7-5-11(9-19)12-6-8-22-10-12/h1-4,6,8,10-11H,5,7,9H2. The summed E-state index contributed by atoms with van der Waals surface area (Å²) in [6, 6.07) is 5.63. The van der Waals surface area contributed by atoms with E-state index in [2.05, 4.69) is 0 Å². The fraction of sp³-hybridized carbons (Fsp3) is 0.333. The number of thiophene rings is 1. The molecule has 0 aliphatic carbocycles. The van der Waals surface area contributed by atoms with Gasteiger partial charge in [0.25, 0.3) is 0 Å². The minimum atomic E-state index is -4.47. The topological polar surface area (TPSA) is 37.4 Å². The van der Waals surface area contributed by atoms with Gasteiger partial charge in [-0.25, -0.2) is 8.42 Å². The third-order valence-electron chi connectivity index (χ3n) is 3.98. The highest BCUT2D eigenvalue weighted by Gasteiger charge is 2.35. The molecule has 2 heterocycles. The first-order valence-electron chi connectivity index (χ1n) is 6.98. The van der Waals surface area contributed by atoms with Crippen LogP contribution in [-0.4, -0.2) is 25.8 Å². The monoisotopic (exact) mass is 361 g/mol. The lowest BCUT2D eigenvalue weighted by Crippen LogP contribution is -2.28. The summed E-state index contributed by atoms with van der Waals surface area (Å²) in [6.45, 7) is 0.740.